The molecule has 0 aliphatic heterocycles. The first kappa shape index (κ1) is 10.1. The first-order chi connectivity index (χ1) is 4.86. The van der Waals surface area contributed by atoms with Crippen molar-refractivity contribution in [1.29, 1.82) is 0 Å². The zero-order valence-electron chi connectivity index (χ0n) is 6.17. The van der Waals surface area contributed by atoms with Gasteiger partial charge in [-0.3, -0.25) is 5.84 Å². The van der Waals surface area contributed by atoms with Crippen LogP contribution in [0.5, 0.6) is 5.75 Å². The molecule has 0 aromatic heterocycles. The summed E-state index contributed by atoms with van der Waals surface area (Å²) in [6.07, 6.45) is 0. The van der Waals surface area contributed by atoms with E-state index in [1.54, 1.807) is 7.11 Å². The van der Waals surface area contributed by atoms with E-state index < -0.39 is 0 Å². The minimum absolute atomic E-state index is 0. The summed E-state index contributed by atoms with van der Waals surface area (Å²) in [6.45, 7) is 0. The van der Waals surface area contributed by atoms with E-state index in [1.165, 1.54) is 0 Å². The molecule has 62 valence electrons. The number of ether oxygens (including phenoxy) is 1. The molecule has 0 saturated heterocycles. The van der Waals surface area contributed by atoms with Gasteiger partial charge in [0.25, 0.3) is 0 Å². The molecule has 1 aromatic rings. The van der Waals surface area contributed by atoms with Crippen LogP contribution in [0.15, 0.2) is 24.3 Å². The van der Waals surface area contributed by atoms with Gasteiger partial charge in [-0.2, -0.15) is 0 Å². The summed E-state index contributed by atoms with van der Waals surface area (Å²) >= 11 is 0. The molecular weight excluding hydrogens is 164 g/mol. The highest BCUT2D eigenvalue weighted by molar-refractivity contribution is 5.46. The summed E-state index contributed by atoms with van der Waals surface area (Å²) in [6, 6.07) is 7.41. The van der Waals surface area contributed by atoms with Crippen LogP contribution in [0.25, 0.3) is 0 Å². The van der Waals surface area contributed by atoms with Crippen molar-refractivity contribution in [3.05, 3.63) is 24.3 Å². The van der Waals surface area contributed by atoms with E-state index in [1.807, 2.05) is 24.3 Å². The summed E-state index contributed by atoms with van der Waals surface area (Å²) in [5, 5.41) is 0. The molecule has 0 spiro atoms. The molecule has 1 aromatic carbocycles. The Labute approximate surface area is 71.9 Å². The number of anilines is 1. The van der Waals surface area contributed by atoms with E-state index in [2.05, 4.69) is 5.43 Å². The van der Waals surface area contributed by atoms with Crippen LogP contribution in [0.1, 0.15) is 0 Å². The highest BCUT2D eigenvalue weighted by Crippen LogP contribution is 2.14. The maximum Gasteiger partial charge on any atom is 0.120 e. The lowest BCUT2D eigenvalue weighted by Gasteiger charge is -2.01. The molecule has 11 heavy (non-hydrogen) atoms. The summed E-state index contributed by atoms with van der Waals surface area (Å²) in [7, 11) is 1.62. The van der Waals surface area contributed by atoms with Gasteiger partial charge in [0, 0.05) is 6.07 Å². The van der Waals surface area contributed by atoms with E-state index in [0.29, 0.717) is 0 Å². The van der Waals surface area contributed by atoms with E-state index in [4.69, 9.17) is 10.6 Å². The number of methoxy groups -OCH3 is 1. The van der Waals surface area contributed by atoms with Crippen LogP contribution in [0.4, 0.5) is 5.69 Å². The van der Waals surface area contributed by atoms with Crippen LogP contribution in [-0.4, -0.2) is 7.11 Å². The number of benzene rings is 1. The number of hydrogen-bond acceptors (Lipinski definition) is 3. The summed E-state index contributed by atoms with van der Waals surface area (Å²) in [5.41, 5.74) is 3.37. The normalized spacial score (nSPS) is 8.18. The molecular formula is C7H10ClN2O-. The van der Waals surface area contributed by atoms with Crippen molar-refractivity contribution < 1.29 is 17.1 Å². The first-order valence-electron chi connectivity index (χ1n) is 2.97. The molecule has 0 bridgehead atoms. The second kappa shape index (κ2) is 4.82. The second-order valence-electron chi connectivity index (χ2n) is 1.88. The zero-order valence-corrected chi connectivity index (χ0v) is 6.93. The SMILES string of the molecule is COc1cccc(NN)c1.[Cl-]. The topological polar surface area (TPSA) is 47.3 Å². The van der Waals surface area contributed by atoms with Gasteiger partial charge in [-0.25, -0.2) is 0 Å². The molecule has 0 amide bonds. The molecule has 4 heteroatoms. The minimum atomic E-state index is 0. The largest absolute Gasteiger partial charge is 1.00 e. The fraction of sp³-hybridized carbons (Fsp3) is 0.143. The van der Waals surface area contributed by atoms with Gasteiger partial charge in [-0.15, -0.1) is 0 Å². The molecule has 0 unspecified atom stereocenters. The molecule has 0 saturated carbocycles. The Morgan fingerprint density at radius 1 is 1.45 bits per heavy atom. The minimum Gasteiger partial charge on any atom is -1.00 e. The van der Waals surface area contributed by atoms with Gasteiger partial charge in [-0.05, 0) is 12.1 Å². The molecule has 0 heterocycles. The van der Waals surface area contributed by atoms with E-state index in [9.17, 15) is 0 Å². The Hall–Kier alpha value is -0.930. The predicted molar refractivity (Wildman–Crippen MR) is 40.8 cm³/mol. The number of halogens is 1. The van der Waals surface area contributed by atoms with Gasteiger partial charge in [0.05, 0.1) is 12.8 Å². The Balaban J connectivity index is 0.000001000. The Morgan fingerprint density at radius 3 is 2.73 bits per heavy atom. The van der Waals surface area contributed by atoms with Crippen molar-refractivity contribution >= 4 is 5.69 Å². The third-order valence-electron chi connectivity index (χ3n) is 1.24. The van der Waals surface area contributed by atoms with Crippen molar-refractivity contribution in [2.75, 3.05) is 12.5 Å². The molecule has 0 atom stereocenters. The number of nitrogen functional groups attached to an aromatic ring is 1. The summed E-state index contributed by atoms with van der Waals surface area (Å²) in [4.78, 5) is 0. The van der Waals surface area contributed by atoms with Crippen molar-refractivity contribution in [2.45, 2.75) is 0 Å². The number of nitrogens with one attached hydrogen (secondary N) is 1. The van der Waals surface area contributed by atoms with E-state index in [0.717, 1.165) is 11.4 Å². The average molecular weight is 174 g/mol. The second-order valence-corrected chi connectivity index (χ2v) is 1.88. The van der Waals surface area contributed by atoms with Gasteiger partial charge in [0.15, 0.2) is 0 Å². The van der Waals surface area contributed by atoms with Crippen LogP contribution >= 0.6 is 0 Å². The van der Waals surface area contributed by atoms with Crippen molar-refractivity contribution in [2.24, 2.45) is 5.84 Å². The maximum atomic E-state index is 5.17. The Bertz CT molecular complexity index is 198. The number of hydrazine groups is 1. The van der Waals surface area contributed by atoms with Gasteiger partial charge in [0.2, 0.25) is 0 Å². The molecule has 0 radical (unpaired) electrons. The Kier molecular flexibility index (Phi) is 4.41. The Morgan fingerprint density at radius 2 is 2.18 bits per heavy atom. The monoisotopic (exact) mass is 173 g/mol. The zero-order chi connectivity index (χ0) is 7.40. The third-order valence-corrected chi connectivity index (χ3v) is 1.24. The average Bonchev–Trinajstić information content (AvgIpc) is 2.05. The smallest absolute Gasteiger partial charge is 0.120 e. The standard InChI is InChI=1S/C7H10N2O.ClH/c1-10-7-4-2-3-6(5-7)9-8;/h2-5,9H,8H2,1H3;1H/p-1. The quantitative estimate of drug-likeness (QED) is 0.401. The van der Waals surface area contributed by atoms with Gasteiger partial charge >= 0.3 is 0 Å². The maximum absolute atomic E-state index is 5.17. The van der Waals surface area contributed by atoms with E-state index >= 15 is 0 Å². The van der Waals surface area contributed by atoms with Crippen molar-refractivity contribution in [3.63, 3.8) is 0 Å². The predicted octanol–water partition coefficient (Wildman–Crippen LogP) is -2.02. The van der Waals surface area contributed by atoms with Crippen LogP contribution in [0.3, 0.4) is 0 Å². The molecule has 1 rings (SSSR count). The van der Waals surface area contributed by atoms with Gasteiger partial charge in [-0.1, -0.05) is 6.07 Å². The van der Waals surface area contributed by atoms with Crippen molar-refractivity contribution in [1.82, 2.24) is 0 Å². The van der Waals surface area contributed by atoms with Gasteiger partial charge < -0.3 is 22.6 Å². The summed E-state index contributed by atoms with van der Waals surface area (Å²) in [5.74, 6) is 5.97. The van der Waals surface area contributed by atoms with Crippen molar-refractivity contribution in [3.8, 4) is 5.75 Å². The number of hydrogen-bond donors (Lipinski definition) is 2. The lowest BCUT2D eigenvalue weighted by atomic mass is 10.3. The molecule has 0 aliphatic carbocycles. The van der Waals surface area contributed by atoms with Crippen LogP contribution in [0, 0.1) is 0 Å². The lowest BCUT2D eigenvalue weighted by Crippen LogP contribution is -3.00. The molecule has 3 nitrogen and oxygen atoms in total. The highest BCUT2D eigenvalue weighted by Gasteiger charge is 1.90. The fourth-order valence-corrected chi connectivity index (χ4v) is 0.713. The van der Waals surface area contributed by atoms with Crippen LogP contribution in [0.2, 0.25) is 0 Å². The molecule has 0 fully saturated rings. The summed E-state index contributed by atoms with van der Waals surface area (Å²) < 4.78 is 4.96. The number of rotatable bonds is 2. The van der Waals surface area contributed by atoms with E-state index in [-0.39, 0.29) is 12.4 Å². The third kappa shape index (κ3) is 2.65. The lowest BCUT2D eigenvalue weighted by molar-refractivity contribution is -0.00000246. The molecule has 0 aliphatic rings. The first-order valence-corrected chi connectivity index (χ1v) is 2.97. The van der Waals surface area contributed by atoms with Gasteiger partial charge in [0.1, 0.15) is 5.75 Å². The molecule has 3 N–H and O–H groups in total. The van der Waals surface area contributed by atoms with Crippen LogP contribution in [-0.2, 0) is 0 Å². The number of nitrogens with two attached hydrogens (primary N) is 1. The van der Waals surface area contributed by atoms with Crippen LogP contribution < -0.4 is 28.4 Å². The fourth-order valence-electron chi connectivity index (χ4n) is 0.713. The highest BCUT2D eigenvalue weighted by atomic mass is 35.5.